The third kappa shape index (κ3) is 2.85. The zero-order chi connectivity index (χ0) is 15.8. The molecule has 0 amide bonds. The van der Waals surface area contributed by atoms with E-state index in [0.29, 0.717) is 0 Å². The van der Waals surface area contributed by atoms with E-state index in [1.807, 2.05) is 10.8 Å². The summed E-state index contributed by atoms with van der Waals surface area (Å²) in [6.07, 6.45) is 6.35. The van der Waals surface area contributed by atoms with Crippen molar-refractivity contribution in [2.24, 2.45) is 0 Å². The standard InChI is InChI=1S/C17H21BrN4O/c1-23-16-9-13(3-4-15(16)22-11-17(18)19-12-22)21-8-5-14(10-21)20-6-2-7-20/h3-4,9,11-12,14H,2,5-8,10H2,1H3/t14-/m1/s1. The molecule has 0 N–H and O–H groups in total. The minimum atomic E-state index is 0.721. The van der Waals surface area contributed by atoms with E-state index in [9.17, 15) is 0 Å². The van der Waals surface area contributed by atoms with Gasteiger partial charge in [-0.25, -0.2) is 4.98 Å². The predicted octanol–water partition coefficient (Wildman–Crippen LogP) is 2.93. The lowest BCUT2D eigenvalue weighted by atomic mass is 10.1. The van der Waals surface area contributed by atoms with Crippen molar-refractivity contribution in [2.45, 2.75) is 18.9 Å². The van der Waals surface area contributed by atoms with Crippen LogP contribution in [0.15, 0.2) is 35.3 Å². The zero-order valence-corrected chi connectivity index (χ0v) is 14.9. The smallest absolute Gasteiger partial charge is 0.144 e. The van der Waals surface area contributed by atoms with Crippen LogP contribution < -0.4 is 9.64 Å². The molecular weight excluding hydrogens is 356 g/mol. The molecule has 3 heterocycles. The maximum Gasteiger partial charge on any atom is 0.144 e. The van der Waals surface area contributed by atoms with E-state index in [0.717, 1.165) is 35.2 Å². The van der Waals surface area contributed by atoms with Crippen LogP contribution in [-0.4, -0.2) is 53.8 Å². The van der Waals surface area contributed by atoms with Crippen molar-refractivity contribution in [3.63, 3.8) is 0 Å². The molecule has 122 valence electrons. The number of likely N-dealkylation sites (tertiary alicyclic amines) is 1. The van der Waals surface area contributed by atoms with E-state index in [-0.39, 0.29) is 0 Å². The van der Waals surface area contributed by atoms with Gasteiger partial charge in [0, 0.05) is 37.1 Å². The number of hydrogen-bond donors (Lipinski definition) is 0. The van der Waals surface area contributed by atoms with Crippen LogP contribution in [0.5, 0.6) is 5.75 Å². The van der Waals surface area contributed by atoms with Gasteiger partial charge in [-0.3, -0.25) is 4.90 Å². The summed E-state index contributed by atoms with van der Waals surface area (Å²) >= 11 is 3.39. The SMILES string of the molecule is COc1cc(N2CC[C@@H](N3CCC3)C2)ccc1-n1cnc(Br)c1. The lowest BCUT2D eigenvalue weighted by Crippen LogP contribution is -2.46. The zero-order valence-electron chi connectivity index (χ0n) is 13.3. The highest BCUT2D eigenvalue weighted by molar-refractivity contribution is 9.10. The van der Waals surface area contributed by atoms with Crippen LogP contribution in [0.1, 0.15) is 12.8 Å². The summed E-state index contributed by atoms with van der Waals surface area (Å²) in [5.41, 5.74) is 2.25. The molecule has 0 unspecified atom stereocenters. The first-order chi connectivity index (χ1) is 11.2. The van der Waals surface area contributed by atoms with Crippen molar-refractivity contribution < 1.29 is 4.74 Å². The number of ether oxygens (including phenoxy) is 1. The van der Waals surface area contributed by atoms with Gasteiger partial charge in [-0.05, 0) is 54.0 Å². The Morgan fingerprint density at radius 1 is 1.26 bits per heavy atom. The number of hydrogen-bond acceptors (Lipinski definition) is 4. The fraction of sp³-hybridized carbons (Fsp3) is 0.471. The van der Waals surface area contributed by atoms with Gasteiger partial charge in [-0.2, -0.15) is 0 Å². The second-order valence-electron chi connectivity index (χ2n) is 6.24. The monoisotopic (exact) mass is 376 g/mol. The first-order valence-electron chi connectivity index (χ1n) is 8.11. The van der Waals surface area contributed by atoms with Gasteiger partial charge in [0.25, 0.3) is 0 Å². The van der Waals surface area contributed by atoms with Gasteiger partial charge < -0.3 is 14.2 Å². The number of anilines is 1. The number of halogens is 1. The number of aromatic nitrogens is 2. The fourth-order valence-corrected chi connectivity index (χ4v) is 3.80. The lowest BCUT2D eigenvalue weighted by Gasteiger charge is -2.36. The Morgan fingerprint density at radius 2 is 2.13 bits per heavy atom. The van der Waals surface area contributed by atoms with Crippen molar-refractivity contribution in [3.05, 3.63) is 35.3 Å². The third-order valence-corrected chi connectivity index (χ3v) is 5.34. The van der Waals surface area contributed by atoms with Crippen molar-refractivity contribution in [3.8, 4) is 11.4 Å². The third-order valence-electron chi connectivity index (χ3n) is 4.93. The maximum atomic E-state index is 5.61. The highest BCUT2D eigenvalue weighted by atomic mass is 79.9. The van der Waals surface area contributed by atoms with E-state index in [4.69, 9.17) is 4.74 Å². The Balaban J connectivity index is 1.56. The van der Waals surface area contributed by atoms with E-state index in [2.05, 4.69) is 48.9 Å². The molecule has 1 aromatic carbocycles. The van der Waals surface area contributed by atoms with Crippen molar-refractivity contribution in [2.75, 3.05) is 38.2 Å². The van der Waals surface area contributed by atoms with E-state index >= 15 is 0 Å². The normalized spacial score (nSPS) is 21.5. The average molecular weight is 377 g/mol. The molecule has 0 saturated carbocycles. The molecule has 1 aromatic heterocycles. The first kappa shape index (κ1) is 15.0. The Labute approximate surface area is 145 Å². The van der Waals surface area contributed by atoms with Crippen molar-refractivity contribution in [1.82, 2.24) is 14.5 Å². The summed E-state index contributed by atoms with van der Waals surface area (Å²) in [6.45, 7) is 4.80. The summed E-state index contributed by atoms with van der Waals surface area (Å²) in [6, 6.07) is 7.16. The van der Waals surface area contributed by atoms with Gasteiger partial charge in [0.15, 0.2) is 0 Å². The first-order valence-corrected chi connectivity index (χ1v) is 8.91. The van der Waals surface area contributed by atoms with Crippen molar-refractivity contribution in [1.29, 1.82) is 0 Å². The second-order valence-corrected chi connectivity index (χ2v) is 7.05. The van der Waals surface area contributed by atoms with Gasteiger partial charge in [0.2, 0.25) is 0 Å². The molecule has 2 saturated heterocycles. The Bertz CT molecular complexity index is 698. The second kappa shape index (κ2) is 6.17. The summed E-state index contributed by atoms with van der Waals surface area (Å²) in [5, 5.41) is 0. The molecular formula is C17H21BrN4O. The number of benzene rings is 1. The highest BCUT2D eigenvalue weighted by Crippen LogP contribution is 2.32. The fourth-order valence-electron chi connectivity index (χ4n) is 3.49. The summed E-state index contributed by atoms with van der Waals surface area (Å²) in [7, 11) is 1.72. The van der Waals surface area contributed by atoms with Crippen LogP contribution in [0.3, 0.4) is 0 Å². The van der Waals surface area contributed by atoms with Crippen LogP contribution >= 0.6 is 15.9 Å². The Kier molecular flexibility index (Phi) is 4.03. The maximum absolute atomic E-state index is 5.61. The summed E-state index contributed by atoms with van der Waals surface area (Å²) in [5.74, 6) is 0.875. The highest BCUT2D eigenvalue weighted by Gasteiger charge is 2.30. The molecule has 0 aliphatic carbocycles. The minimum absolute atomic E-state index is 0.721. The van der Waals surface area contributed by atoms with E-state index in [1.54, 1.807) is 13.4 Å². The van der Waals surface area contributed by atoms with E-state index in [1.165, 1.54) is 31.6 Å². The van der Waals surface area contributed by atoms with Crippen LogP contribution in [0.2, 0.25) is 0 Å². The molecule has 2 aromatic rings. The van der Waals surface area contributed by atoms with Crippen LogP contribution in [0, 0.1) is 0 Å². The molecule has 6 heteroatoms. The lowest BCUT2D eigenvalue weighted by molar-refractivity contribution is 0.129. The molecule has 0 bridgehead atoms. The van der Waals surface area contributed by atoms with Gasteiger partial charge in [0.05, 0.1) is 12.8 Å². The quantitative estimate of drug-likeness (QED) is 0.821. The molecule has 2 fully saturated rings. The summed E-state index contributed by atoms with van der Waals surface area (Å²) < 4.78 is 8.41. The summed E-state index contributed by atoms with van der Waals surface area (Å²) in [4.78, 5) is 9.30. The molecule has 23 heavy (non-hydrogen) atoms. The molecule has 1 atom stereocenters. The topological polar surface area (TPSA) is 33.5 Å². The number of methoxy groups -OCH3 is 1. The molecule has 2 aliphatic rings. The predicted molar refractivity (Wildman–Crippen MR) is 94.6 cm³/mol. The molecule has 0 spiro atoms. The van der Waals surface area contributed by atoms with Crippen molar-refractivity contribution >= 4 is 21.6 Å². The minimum Gasteiger partial charge on any atom is -0.494 e. The molecule has 2 aliphatic heterocycles. The van der Waals surface area contributed by atoms with Crippen LogP contribution in [0.4, 0.5) is 5.69 Å². The largest absolute Gasteiger partial charge is 0.494 e. The van der Waals surface area contributed by atoms with Gasteiger partial charge in [-0.15, -0.1) is 0 Å². The Hall–Kier alpha value is -1.53. The Morgan fingerprint density at radius 3 is 2.78 bits per heavy atom. The van der Waals surface area contributed by atoms with Crippen LogP contribution in [0.25, 0.3) is 5.69 Å². The van der Waals surface area contributed by atoms with Crippen LogP contribution in [-0.2, 0) is 0 Å². The number of rotatable bonds is 4. The van der Waals surface area contributed by atoms with Gasteiger partial charge in [0.1, 0.15) is 16.7 Å². The molecule has 4 rings (SSSR count). The number of nitrogens with zero attached hydrogens (tertiary/aromatic N) is 4. The number of imidazole rings is 1. The molecule has 0 radical (unpaired) electrons. The van der Waals surface area contributed by atoms with E-state index < -0.39 is 0 Å². The van der Waals surface area contributed by atoms with Gasteiger partial charge in [-0.1, -0.05) is 0 Å². The average Bonchev–Trinajstić information content (AvgIpc) is 3.14. The molecule has 5 nitrogen and oxygen atoms in total. The van der Waals surface area contributed by atoms with Gasteiger partial charge >= 0.3 is 0 Å².